The van der Waals surface area contributed by atoms with Crippen LogP contribution in [0.2, 0.25) is 0 Å². The van der Waals surface area contributed by atoms with Crippen LogP contribution in [-0.4, -0.2) is 40.1 Å². The summed E-state index contributed by atoms with van der Waals surface area (Å²) < 4.78 is 32.7. The van der Waals surface area contributed by atoms with Crippen LogP contribution in [0.1, 0.15) is 34.1 Å². The Kier molecular flexibility index (Phi) is 6.07. The van der Waals surface area contributed by atoms with Crippen molar-refractivity contribution in [2.75, 3.05) is 26.1 Å². The Hall–Kier alpha value is -0.170. The number of methoxy groups -OCH3 is 1. The van der Waals surface area contributed by atoms with Gasteiger partial charge in [-0.25, -0.2) is 13.6 Å². The Labute approximate surface area is 105 Å². The SMILES string of the molecule is COC(C)(C)CCOCC(C)(C)CS(N)(=O)=O. The van der Waals surface area contributed by atoms with Gasteiger partial charge in [0.2, 0.25) is 10.0 Å². The van der Waals surface area contributed by atoms with Crippen molar-refractivity contribution in [1.29, 1.82) is 0 Å². The highest BCUT2D eigenvalue weighted by atomic mass is 32.2. The Morgan fingerprint density at radius 1 is 1.18 bits per heavy atom. The van der Waals surface area contributed by atoms with Crippen molar-refractivity contribution in [3.8, 4) is 0 Å². The maximum absolute atomic E-state index is 11.0. The minimum atomic E-state index is -3.46. The fraction of sp³-hybridized carbons (Fsp3) is 1.00. The molecule has 0 unspecified atom stereocenters. The second kappa shape index (κ2) is 6.13. The molecule has 0 bridgehead atoms. The second-order valence-corrected chi connectivity index (χ2v) is 7.35. The molecule has 0 aliphatic heterocycles. The largest absolute Gasteiger partial charge is 0.381 e. The van der Waals surface area contributed by atoms with Crippen molar-refractivity contribution < 1.29 is 17.9 Å². The van der Waals surface area contributed by atoms with Crippen molar-refractivity contribution in [3.63, 3.8) is 0 Å². The predicted octanol–water partition coefficient (Wildman–Crippen LogP) is 1.13. The number of rotatable bonds is 8. The summed E-state index contributed by atoms with van der Waals surface area (Å²) in [5.74, 6) is -0.0757. The zero-order valence-corrected chi connectivity index (χ0v) is 12.3. The molecule has 0 saturated heterocycles. The van der Waals surface area contributed by atoms with Gasteiger partial charge in [-0.05, 0) is 20.3 Å². The van der Waals surface area contributed by atoms with Crippen molar-refractivity contribution in [1.82, 2.24) is 0 Å². The molecular weight excluding hydrogens is 242 g/mol. The summed E-state index contributed by atoms with van der Waals surface area (Å²) in [7, 11) is -1.80. The molecule has 104 valence electrons. The first kappa shape index (κ1) is 16.8. The monoisotopic (exact) mass is 267 g/mol. The number of hydrogen-bond donors (Lipinski definition) is 1. The summed E-state index contributed by atoms with van der Waals surface area (Å²) in [6.07, 6.45) is 0.759. The minimum Gasteiger partial charge on any atom is -0.381 e. The zero-order chi connectivity index (χ0) is 13.7. The number of ether oxygens (including phenoxy) is 2. The highest BCUT2D eigenvalue weighted by Crippen LogP contribution is 2.18. The van der Waals surface area contributed by atoms with Gasteiger partial charge in [-0.15, -0.1) is 0 Å². The fourth-order valence-electron chi connectivity index (χ4n) is 1.35. The van der Waals surface area contributed by atoms with E-state index in [0.717, 1.165) is 6.42 Å². The third-order valence-corrected chi connectivity index (χ3v) is 3.67. The van der Waals surface area contributed by atoms with Crippen molar-refractivity contribution in [2.24, 2.45) is 10.6 Å². The average molecular weight is 267 g/mol. The molecular formula is C11H25NO4S. The van der Waals surface area contributed by atoms with E-state index < -0.39 is 15.4 Å². The van der Waals surface area contributed by atoms with Crippen LogP contribution < -0.4 is 5.14 Å². The standard InChI is InChI=1S/C11H25NO4S/c1-10(2,9-17(12,13)14)8-16-7-6-11(3,4)15-5/h6-9H2,1-5H3,(H2,12,13,14). The van der Waals surface area contributed by atoms with Gasteiger partial charge in [-0.2, -0.15) is 0 Å². The smallest absolute Gasteiger partial charge is 0.209 e. The lowest BCUT2D eigenvalue weighted by molar-refractivity contribution is -0.0191. The van der Waals surface area contributed by atoms with Gasteiger partial charge in [0.1, 0.15) is 0 Å². The number of nitrogens with two attached hydrogens (primary N) is 1. The zero-order valence-electron chi connectivity index (χ0n) is 11.4. The Morgan fingerprint density at radius 3 is 2.12 bits per heavy atom. The van der Waals surface area contributed by atoms with Crippen LogP contribution in [0.5, 0.6) is 0 Å². The lowest BCUT2D eigenvalue weighted by Crippen LogP contribution is -2.33. The van der Waals surface area contributed by atoms with Crippen molar-refractivity contribution >= 4 is 10.0 Å². The van der Waals surface area contributed by atoms with E-state index in [0.29, 0.717) is 13.2 Å². The molecule has 2 N–H and O–H groups in total. The van der Waals surface area contributed by atoms with Crippen LogP contribution in [0.15, 0.2) is 0 Å². The van der Waals surface area contributed by atoms with Gasteiger partial charge >= 0.3 is 0 Å². The molecule has 0 spiro atoms. The van der Waals surface area contributed by atoms with E-state index in [9.17, 15) is 8.42 Å². The average Bonchev–Trinajstić information content (AvgIpc) is 2.09. The van der Waals surface area contributed by atoms with Gasteiger partial charge < -0.3 is 9.47 Å². The minimum absolute atomic E-state index is 0.0757. The van der Waals surface area contributed by atoms with E-state index in [4.69, 9.17) is 14.6 Å². The Bertz CT molecular complexity index is 322. The van der Waals surface area contributed by atoms with Crippen LogP contribution in [0.25, 0.3) is 0 Å². The summed E-state index contributed by atoms with van der Waals surface area (Å²) in [6, 6.07) is 0. The molecule has 0 aromatic heterocycles. The van der Waals surface area contributed by atoms with Crippen molar-refractivity contribution in [3.05, 3.63) is 0 Å². The quantitative estimate of drug-likeness (QED) is 0.669. The van der Waals surface area contributed by atoms with Gasteiger partial charge in [-0.3, -0.25) is 0 Å². The second-order valence-electron chi connectivity index (χ2n) is 5.74. The lowest BCUT2D eigenvalue weighted by Gasteiger charge is -2.26. The summed E-state index contributed by atoms with van der Waals surface area (Å²) in [5.41, 5.74) is -0.686. The molecule has 0 aromatic rings. The van der Waals surface area contributed by atoms with E-state index in [1.54, 1.807) is 7.11 Å². The van der Waals surface area contributed by atoms with E-state index in [1.165, 1.54) is 0 Å². The Balaban J connectivity index is 3.96. The van der Waals surface area contributed by atoms with Gasteiger partial charge in [0.05, 0.1) is 18.0 Å². The van der Waals surface area contributed by atoms with E-state index in [1.807, 2.05) is 27.7 Å². The van der Waals surface area contributed by atoms with Crippen molar-refractivity contribution in [2.45, 2.75) is 39.7 Å². The summed E-state index contributed by atoms with van der Waals surface area (Å²) in [4.78, 5) is 0. The first-order valence-corrected chi connectivity index (χ1v) is 7.32. The number of sulfonamides is 1. The summed E-state index contributed by atoms with van der Waals surface area (Å²) >= 11 is 0. The molecule has 0 rings (SSSR count). The highest BCUT2D eigenvalue weighted by Gasteiger charge is 2.24. The number of primary sulfonamides is 1. The molecule has 0 aliphatic rings. The van der Waals surface area contributed by atoms with Crippen LogP contribution in [0, 0.1) is 5.41 Å². The third-order valence-electron chi connectivity index (χ3n) is 2.49. The molecule has 0 radical (unpaired) electrons. The van der Waals surface area contributed by atoms with E-state index in [-0.39, 0.29) is 11.4 Å². The molecule has 0 fully saturated rings. The molecule has 0 aromatic carbocycles. The molecule has 0 heterocycles. The van der Waals surface area contributed by atoms with Gasteiger partial charge in [0, 0.05) is 19.1 Å². The normalized spacial score (nSPS) is 14.0. The van der Waals surface area contributed by atoms with Gasteiger partial charge in [0.15, 0.2) is 0 Å². The van der Waals surface area contributed by atoms with E-state index in [2.05, 4.69) is 0 Å². The molecule has 6 heteroatoms. The maximum Gasteiger partial charge on any atom is 0.209 e. The van der Waals surface area contributed by atoms with Gasteiger partial charge in [0.25, 0.3) is 0 Å². The summed E-state index contributed by atoms with van der Waals surface area (Å²) in [5, 5.41) is 5.01. The predicted molar refractivity (Wildman–Crippen MR) is 68.3 cm³/mol. The van der Waals surface area contributed by atoms with E-state index >= 15 is 0 Å². The maximum atomic E-state index is 11.0. The molecule has 0 aliphatic carbocycles. The van der Waals surface area contributed by atoms with Gasteiger partial charge in [-0.1, -0.05) is 13.8 Å². The first-order valence-electron chi connectivity index (χ1n) is 5.61. The fourth-order valence-corrected chi connectivity index (χ4v) is 2.53. The topological polar surface area (TPSA) is 78.6 Å². The molecule has 0 atom stereocenters. The van der Waals surface area contributed by atoms with Crippen LogP contribution in [0.4, 0.5) is 0 Å². The molecule has 17 heavy (non-hydrogen) atoms. The lowest BCUT2D eigenvalue weighted by atomic mass is 9.98. The van der Waals surface area contributed by atoms with Crippen LogP contribution in [-0.2, 0) is 19.5 Å². The third kappa shape index (κ3) is 9.52. The number of hydrogen-bond acceptors (Lipinski definition) is 4. The molecule has 0 amide bonds. The highest BCUT2D eigenvalue weighted by molar-refractivity contribution is 7.89. The van der Waals surface area contributed by atoms with Crippen LogP contribution in [0.3, 0.4) is 0 Å². The molecule has 5 nitrogen and oxygen atoms in total. The molecule has 0 saturated carbocycles. The summed E-state index contributed by atoms with van der Waals surface area (Å²) in [6.45, 7) is 8.49. The Morgan fingerprint density at radius 2 is 1.71 bits per heavy atom. The van der Waals surface area contributed by atoms with Crippen LogP contribution >= 0.6 is 0 Å². The first-order chi connectivity index (χ1) is 7.47.